The minimum absolute atomic E-state index is 0. The maximum atomic E-state index is 11.5. The van der Waals surface area contributed by atoms with Crippen molar-refractivity contribution in [3.8, 4) is 0 Å². The van der Waals surface area contributed by atoms with Gasteiger partial charge in [-0.25, -0.2) is 10.1 Å². The molecule has 8 nitrogen and oxygen atoms in total. The first-order chi connectivity index (χ1) is 8.02. The van der Waals surface area contributed by atoms with E-state index in [-0.39, 0.29) is 41.9 Å². The molecule has 2 aliphatic rings. The van der Waals surface area contributed by atoms with Gasteiger partial charge in [0, 0.05) is 0 Å². The van der Waals surface area contributed by atoms with Gasteiger partial charge in [-0.3, -0.25) is 4.79 Å². The molecule has 1 fully saturated rings. The van der Waals surface area contributed by atoms with Crippen LogP contribution in [0.2, 0.25) is 0 Å². The molecular formula is C9H13IN2O6. The Bertz CT molecular complexity index is 387. The lowest BCUT2D eigenvalue weighted by Gasteiger charge is -2.23. The Morgan fingerprint density at radius 1 is 1.50 bits per heavy atom. The second kappa shape index (κ2) is 5.93. The molecule has 102 valence electrons. The Kier molecular flexibility index (Phi) is 5.04. The van der Waals surface area contributed by atoms with E-state index in [0.717, 1.165) is 6.08 Å². The van der Waals surface area contributed by atoms with Crippen LogP contribution in [0.3, 0.4) is 0 Å². The molecule has 5 N–H and O–H groups in total. The molecule has 9 heteroatoms. The monoisotopic (exact) mass is 372 g/mol. The molecule has 2 rings (SSSR count). The van der Waals surface area contributed by atoms with E-state index in [1.54, 1.807) is 0 Å². The van der Waals surface area contributed by atoms with Crippen molar-refractivity contribution >= 4 is 11.9 Å². The zero-order chi connectivity index (χ0) is 12.6. The van der Waals surface area contributed by atoms with Gasteiger partial charge in [-0.05, 0) is 0 Å². The normalized spacial score (nSPS) is 35.8. The molecule has 2 heterocycles. The molecule has 3 amide bonds. The van der Waals surface area contributed by atoms with Gasteiger partial charge in [0.1, 0.15) is 12.2 Å². The van der Waals surface area contributed by atoms with Gasteiger partial charge in [0.15, 0.2) is 0 Å². The van der Waals surface area contributed by atoms with E-state index in [4.69, 9.17) is 9.84 Å². The lowest BCUT2D eigenvalue weighted by Crippen LogP contribution is -3.19. The van der Waals surface area contributed by atoms with Crippen LogP contribution in [0.25, 0.3) is 0 Å². The fourth-order valence-electron chi connectivity index (χ4n) is 1.92. The number of carbonyl (C=O) groups excluding carboxylic acids is 2. The maximum Gasteiger partial charge on any atom is 0.431 e. The Labute approximate surface area is 119 Å². The van der Waals surface area contributed by atoms with E-state index in [9.17, 15) is 19.8 Å². The van der Waals surface area contributed by atoms with Crippen molar-refractivity contribution in [2.45, 2.75) is 24.9 Å². The van der Waals surface area contributed by atoms with Crippen molar-refractivity contribution < 1.29 is 58.5 Å². The number of quaternary nitrogens is 1. The summed E-state index contributed by atoms with van der Waals surface area (Å²) in [6.07, 6.45) is -1.56. The largest absolute Gasteiger partial charge is 1.00 e. The van der Waals surface area contributed by atoms with Gasteiger partial charge in [0.05, 0.1) is 19.1 Å². The summed E-state index contributed by atoms with van der Waals surface area (Å²) in [5.74, 6) is -1.16. The van der Waals surface area contributed by atoms with E-state index in [1.807, 2.05) is 5.32 Å². The summed E-state index contributed by atoms with van der Waals surface area (Å²) >= 11 is 0. The molecule has 0 spiro atoms. The van der Waals surface area contributed by atoms with Crippen molar-refractivity contribution in [1.29, 1.82) is 0 Å². The quantitative estimate of drug-likeness (QED) is 0.308. The van der Waals surface area contributed by atoms with E-state index in [1.165, 1.54) is 0 Å². The molecule has 0 bridgehead atoms. The minimum Gasteiger partial charge on any atom is -1.00 e. The highest BCUT2D eigenvalue weighted by molar-refractivity contribution is 5.99. The Hall–Kier alpha value is -0.750. The molecule has 0 saturated carbocycles. The third-order valence-corrected chi connectivity index (χ3v) is 2.75. The number of imide groups is 1. The number of halogens is 1. The highest BCUT2D eigenvalue weighted by atomic mass is 127. The SMILES string of the molecule is O=C1C=C(O)[NH+]([C@H]2C[C@H](O)[C@@H](CO)O2)C(=O)N1.[I-]. The molecule has 0 aromatic carbocycles. The van der Waals surface area contributed by atoms with Crippen LogP contribution in [0.4, 0.5) is 4.79 Å². The number of ether oxygens (including phenoxy) is 1. The molecule has 1 unspecified atom stereocenters. The van der Waals surface area contributed by atoms with Crippen molar-refractivity contribution in [1.82, 2.24) is 5.32 Å². The molecule has 0 aliphatic carbocycles. The Balaban J connectivity index is 0.00000162. The number of urea groups is 1. The van der Waals surface area contributed by atoms with Crippen LogP contribution in [-0.2, 0) is 9.53 Å². The predicted octanol–water partition coefficient (Wildman–Crippen LogP) is -6.01. The fourth-order valence-corrected chi connectivity index (χ4v) is 1.92. The molecule has 4 atom stereocenters. The topological polar surface area (TPSA) is 121 Å². The Morgan fingerprint density at radius 2 is 2.17 bits per heavy atom. The van der Waals surface area contributed by atoms with Gasteiger partial charge < -0.3 is 44.0 Å². The number of hydrogen-bond acceptors (Lipinski definition) is 6. The van der Waals surface area contributed by atoms with Crippen molar-refractivity contribution in [3.63, 3.8) is 0 Å². The summed E-state index contributed by atoms with van der Waals surface area (Å²) in [4.78, 5) is 22.3. The van der Waals surface area contributed by atoms with Crippen LogP contribution in [0.5, 0.6) is 0 Å². The molecule has 2 aliphatic heterocycles. The lowest BCUT2D eigenvalue weighted by atomic mass is 10.2. The van der Waals surface area contributed by atoms with E-state index >= 15 is 0 Å². The maximum absolute atomic E-state index is 11.5. The van der Waals surface area contributed by atoms with Gasteiger partial charge in [-0.15, -0.1) is 0 Å². The molecule has 1 saturated heterocycles. The summed E-state index contributed by atoms with van der Waals surface area (Å²) in [7, 11) is 0. The number of aliphatic hydroxyl groups excluding tert-OH is 3. The zero-order valence-corrected chi connectivity index (χ0v) is 11.3. The summed E-state index contributed by atoms with van der Waals surface area (Å²) in [5.41, 5.74) is 0. The highest BCUT2D eigenvalue weighted by Gasteiger charge is 2.46. The van der Waals surface area contributed by atoms with Crippen LogP contribution in [0.15, 0.2) is 12.0 Å². The first-order valence-corrected chi connectivity index (χ1v) is 5.10. The van der Waals surface area contributed by atoms with E-state index in [2.05, 4.69) is 0 Å². The van der Waals surface area contributed by atoms with Gasteiger partial charge >= 0.3 is 11.9 Å². The van der Waals surface area contributed by atoms with Crippen LogP contribution < -0.4 is 34.2 Å². The van der Waals surface area contributed by atoms with Gasteiger partial charge in [-0.2, -0.15) is 4.90 Å². The van der Waals surface area contributed by atoms with E-state index < -0.39 is 36.3 Å². The summed E-state index contributed by atoms with van der Waals surface area (Å²) in [5, 5.41) is 30.0. The summed E-state index contributed by atoms with van der Waals surface area (Å²) in [6, 6.07) is -0.745. The molecule has 18 heavy (non-hydrogen) atoms. The Morgan fingerprint density at radius 3 is 2.67 bits per heavy atom. The van der Waals surface area contributed by atoms with Crippen LogP contribution in [0, 0.1) is 0 Å². The second-order valence-electron chi connectivity index (χ2n) is 3.91. The molecule has 0 aromatic heterocycles. The minimum atomic E-state index is -0.907. The van der Waals surface area contributed by atoms with Gasteiger partial charge in [0.25, 0.3) is 5.91 Å². The van der Waals surface area contributed by atoms with Gasteiger partial charge in [-0.1, -0.05) is 0 Å². The van der Waals surface area contributed by atoms with E-state index in [0.29, 0.717) is 0 Å². The lowest BCUT2D eigenvalue weighted by molar-refractivity contribution is -0.847. The predicted molar refractivity (Wildman–Crippen MR) is 51.6 cm³/mol. The van der Waals surface area contributed by atoms with Crippen molar-refractivity contribution in [2.24, 2.45) is 0 Å². The van der Waals surface area contributed by atoms with Crippen molar-refractivity contribution in [3.05, 3.63) is 12.0 Å². The number of amides is 3. The standard InChI is InChI=1S/C9H12N2O6.HI/c12-3-5-4(13)1-8(17-5)11-7(15)2-6(14)10-9(11)16;/h2,4-5,8,12-13,15H,1,3H2,(H,10,14,16);1H/t4-,5+,8+;/m0./s1. The highest BCUT2D eigenvalue weighted by Crippen LogP contribution is 2.17. The zero-order valence-electron chi connectivity index (χ0n) is 9.17. The molecular weight excluding hydrogens is 359 g/mol. The summed E-state index contributed by atoms with van der Waals surface area (Å²) in [6.45, 7) is -0.379. The first-order valence-electron chi connectivity index (χ1n) is 5.10. The van der Waals surface area contributed by atoms with Crippen LogP contribution >= 0.6 is 0 Å². The average Bonchev–Trinajstić information content (AvgIpc) is 2.57. The number of nitrogens with one attached hydrogen (secondary N) is 2. The van der Waals surface area contributed by atoms with Crippen LogP contribution in [0.1, 0.15) is 6.42 Å². The average molecular weight is 372 g/mol. The first kappa shape index (κ1) is 15.3. The number of aliphatic hydroxyl groups is 3. The van der Waals surface area contributed by atoms with Gasteiger partial charge in [0.2, 0.25) is 6.23 Å². The summed E-state index contributed by atoms with van der Waals surface area (Å²) < 4.78 is 5.23. The molecule has 0 radical (unpaired) electrons. The third kappa shape index (κ3) is 2.80. The fraction of sp³-hybridized carbons (Fsp3) is 0.556. The number of carbonyl (C=O) groups is 2. The number of rotatable bonds is 2. The smallest absolute Gasteiger partial charge is 0.431 e. The molecule has 0 aromatic rings. The third-order valence-electron chi connectivity index (χ3n) is 2.75. The van der Waals surface area contributed by atoms with Crippen LogP contribution in [-0.4, -0.2) is 52.3 Å². The number of hydrogen-bond donors (Lipinski definition) is 5. The second-order valence-corrected chi connectivity index (χ2v) is 3.91. The van der Waals surface area contributed by atoms with Crippen molar-refractivity contribution in [2.75, 3.05) is 6.61 Å².